The van der Waals surface area contributed by atoms with Crippen molar-refractivity contribution in [2.45, 2.75) is 19.4 Å². The number of amides is 1. The van der Waals surface area contributed by atoms with E-state index in [2.05, 4.69) is 11.8 Å². The number of thiophene rings is 1. The third-order valence-electron chi connectivity index (χ3n) is 3.57. The molecule has 18 heavy (non-hydrogen) atoms. The van der Waals surface area contributed by atoms with Gasteiger partial charge in [-0.15, -0.1) is 0 Å². The fourth-order valence-corrected chi connectivity index (χ4v) is 2.99. The largest absolute Gasteiger partial charge is 0.395 e. The number of carbonyl (C=O) groups is 1. The van der Waals surface area contributed by atoms with Gasteiger partial charge in [-0.05, 0) is 17.9 Å². The van der Waals surface area contributed by atoms with Gasteiger partial charge in [0.2, 0.25) is 0 Å². The van der Waals surface area contributed by atoms with Crippen LogP contribution in [0.1, 0.15) is 23.7 Å². The van der Waals surface area contributed by atoms with E-state index in [0.29, 0.717) is 0 Å². The molecule has 1 aromatic rings. The first-order valence-electron chi connectivity index (χ1n) is 6.42. The summed E-state index contributed by atoms with van der Waals surface area (Å²) in [6, 6.07) is 2.12. The lowest BCUT2D eigenvalue weighted by Gasteiger charge is -2.38. The third kappa shape index (κ3) is 2.91. The highest BCUT2D eigenvalue weighted by molar-refractivity contribution is 7.08. The number of piperazine rings is 1. The summed E-state index contributed by atoms with van der Waals surface area (Å²) < 4.78 is 0. The molecule has 4 nitrogen and oxygen atoms in total. The quantitative estimate of drug-likeness (QED) is 0.894. The highest BCUT2D eigenvalue weighted by atomic mass is 32.1. The lowest BCUT2D eigenvalue weighted by Crippen LogP contribution is -2.52. The number of aliphatic hydroxyl groups excluding tert-OH is 1. The first kappa shape index (κ1) is 13.5. The van der Waals surface area contributed by atoms with Crippen molar-refractivity contribution in [1.82, 2.24) is 9.80 Å². The van der Waals surface area contributed by atoms with Crippen molar-refractivity contribution in [1.29, 1.82) is 0 Å². The van der Waals surface area contributed by atoms with Gasteiger partial charge in [-0.3, -0.25) is 9.69 Å². The van der Waals surface area contributed by atoms with Crippen molar-refractivity contribution in [3.05, 3.63) is 22.4 Å². The Hall–Kier alpha value is -0.910. The molecule has 100 valence electrons. The summed E-state index contributed by atoms with van der Waals surface area (Å²) >= 11 is 1.55. The molecule has 1 aliphatic heterocycles. The molecule has 1 N–H and O–H groups in total. The Labute approximate surface area is 112 Å². The van der Waals surface area contributed by atoms with Crippen molar-refractivity contribution in [3.8, 4) is 0 Å². The van der Waals surface area contributed by atoms with Gasteiger partial charge in [0.05, 0.1) is 12.2 Å². The predicted octanol–water partition coefficient (Wildman–Crippen LogP) is 1.28. The number of aliphatic hydroxyl groups is 1. The zero-order chi connectivity index (χ0) is 13.0. The van der Waals surface area contributed by atoms with Crippen molar-refractivity contribution >= 4 is 17.2 Å². The first-order valence-corrected chi connectivity index (χ1v) is 7.37. The number of nitrogens with zero attached hydrogens (tertiary/aromatic N) is 2. The Bertz CT molecular complexity index is 368. The molecule has 1 aromatic heterocycles. The first-order chi connectivity index (χ1) is 8.76. The van der Waals surface area contributed by atoms with Crippen molar-refractivity contribution in [3.63, 3.8) is 0 Å². The lowest BCUT2D eigenvalue weighted by molar-refractivity contribution is 0.0473. The fraction of sp³-hybridized carbons (Fsp3) is 0.615. The van der Waals surface area contributed by atoms with Crippen molar-refractivity contribution < 1.29 is 9.90 Å². The minimum absolute atomic E-state index is 0.132. The standard InChI is InChI=1S/C13H20N2O2S/c1-2-12(9-16)14-4-6-15(7-5-14)13(17)11-3-8-18-10-11/h3,8,10,12,16H,2,4-7,9H2,1H3. The van der Waals surface area contributed by atoms with Crippen LogP contribution in [0.4, 0.5) is 0 Å². The maximum Gasteiger partial charge on any atom is 0.254 e. The Balaban J connectivity index is 1.89. The van der Waals surface area contributed by atoms with Crippen LogP contribution in [0.25, 0.3) is 0 Å². The number of hydrogen-bond acceptors (Lipinski definition) is 4. The molecule has 0 saturated carbocycles. The van der Waals surface area contributed by atoms with E-state index in [4.69, 9.17) is 0 Å². The number of hydrogen-bond donors (Lipinski definition) is 1. The smallest absolute Gasteiger partial charge is 0.254 e. The molecule has 1 atom stereocenters. The zero-order valence-corrected chi connectivity index (χ0v) is 11.5. The van der Waals surface area contributed by atoms with Gasteiger partial charge >= 0.3 is 0 Å². The maximum atomic E-state index is 12.1. The monoisotopic (exact) mass is 268 g/mol. The van der Waals surface area contributed by atoms with E-state index in [0.717, 1.165) is 38.2 Å². The lowest BCUT2D eigenvalue weighted by atomic mass is 10.1. The second-order valence-electron chi connectivity index (χ2n) is 4.58. The Kier molecular flexibility index (Phi) is 4.74. The van der Waals surface area contributed by atoms with Gasteiger partial charge in [-0.25, -0.2) is 0 Å². The van der Waals surface area contributed by atoms with Gasteiger partial charge in [-0.2, -0.15) is 11.3 Å². The van der Waals surface area contributed by atoms with Gasteiger partial charge in [0.15, 0.2) is 0 Å². The molecule has 0 aliphatic carbocycles. The van der Waals surface area contributed by atoms with Crippen LogP contribution >= 0.6 is 11.3 Å². The van der Waals surface area contributed by atoms with Crippen LogP contribution in [0.2, 0.25) is 0 Å². The van der Waals surface area contributed by atoms with E-state index in [9.17, 15) is 9.90 Å². The molecule has 0 bridgehead atoms. The topological polar surface area (TPSA) is 43.8 Å². The van der Waals surface area contributed by atoms with Crippen LogP contribution < -0.4 is 0 Å². The average molecular weight is 268 g/mol. The molecule has 1 amide bonds. The molecule has 5 heteroatoms. The SMILES string of the molecule is CCC(CO)N1CCN(C(=O)c2ccsc2)CC1. The molecule has 2 heterocycles. The Morgan fingerprint density at radius 2 is 2.17 bits per heavy atom. The van der Waals surface area contributed by atoms with Crippen LogP contribution in [0.15, 0.2) is 16.8 Å². The third-order valence-corrected chi connectivity index (χ3v) is 4.25. The summed E-state index contributed by atoms with van der Waals surface area (Å²) in [5, 5.41) is 13.1. The number of rotatable bonds is 4. The molecule has 0 spiro atoms. The minimum Gasteiger partial charge on any atom is -0.395 e. The van der Waals surface area contributed by atoms with Crippen molar-refractivity contribution in [2.75, 3.05) is 32.8 Å². The molecular weight excluding hydrogens is 248 g/mol. The molecule has 1 fully saturated rings. The molecule has 1 unspecified atom stereocenters. The van der Waals surface area contributed by atoms with E-state index in [1.165, 1.54) is 0 Å². The summed E-state index contributed by atoms with van der Waals surface area (Å²) in [6.45, 7) is 5.51. The van der Waals surface area contributed by atoms with Crippen LogP contribution in [-0.4, -0.2) is 59.6 Å². The van der Waals surface area contributed by atoms with Crippen molar-refractivity contribution in [2.24, 2.45) is 0 Å². The maximum absolute atomic E-state index is 12.1. The average Bonchev–Trinajstić information content (AvgIpc) is 2.94. The normalized spacial score (nSPS) is 18.9. The minimum atomic E-state index is 0.132. The summed E-state index contributed by atoms with van der Waals surface area (Å²) in [7, 11) is 0. The van der Waals surface area contributed by atoms with Crippen LogP contribution in [0.5, 0.6) is 0 Å². The Morgan fingerprint density at radius 1 is 1.44 bits per heavy atom. The number of carbonyl (C=O) groups excluding carboxylic acids is 1. The van der Waals surface area contributed by atoms with Crippen LogP contribution in [-0.2, 0) is 0 Å². The fourth-order valence-electron chi connectivity index (χ4n) is 2.36. The zero-order valence-electron chi connectivity index (χ0n) is 10.7. The molecule has 2 rings (SSSR count). The second-order valence-corrected chi connectivity index (χ2v) is 5.36. The van der Waals surface area contributed by atoms with E-state index in [1.807, 2.05) is 21.7 Å². The van der Waals surface area contributed by atoms with Gasteiger partial charge < -0.3 is 10.0 Å². The van der Waals surface area contributed by atoms with Crippen LogP contribution in [0, 0.1) is 0 Å². The highest BCUT2D eigenvalue weighted by Gasteiger charge is 2.25. The highest BCUT2D eigenvalue weighted by Crippen LogP contribution is 2.14. The summed E-state index contributed by atoms with van der Waals surface area (Å²) in [6.07, 6.45) is 0.953. The molecule has 1 saturated heterocycles. The molecule has 1 aliphatic rings. The van der Waals surface area contributed by atoms with E-state index in [-0.39, 0.29) is 18.6 Å². The van der Waals surface area contributed by atoms with Gasteiger partial charge in [0.25, 0.3) is 5.91 Å². The summed E-state index contributed by atoms with van der Waals surface area (Å²) in [5.74, 6) is 0.132. The van der Waals surface area contributed by atoms with Crippen LogP contribution in [0.3, 0.4) is 0 Å². The summed E-state index contributed by atoms with van der Waals surface area (Å²) in [4.78, 5) is 16.3. The van der Waals surface area contributed by atoms with E-state index >= 15 is 0 Å². The van der Waals surface area contributed by atoms with E-state index in [1.54, 1.807) is 11.3 Å². The molecule has 0 radical (unpaired) electrons. The predicted molar refractivity (Wildman–Crippen MR) is 73.0 cm³/mol. The van der Waals surface area contributed by atoms with Gasteiger partial charge in [-0.1, -0.05) is 6.92 Å². The van der Waals surface area contributed by atoms with E-state index < -0.39 is 0 Å². The molecular formula is C13H20N2O2S. The van der Waals surface area contributed by atoms with Gasteiger partial charge in [0, 0.05) is 37.6 Å². The van der Waals surface area contributed by atoms with Gasteiger partial charge in [0.1, 0.15) is 0 Å². The molecule has 0 aromatic carbocycles. The second kappa shape index (κ2) is 6.31. The Morgan fingerprint density at radius 3 is 2.67 bits per heavy atom. The summed E-state index contributed by atoms with van der Waals surface area (Å²) in [5.41, 5.74) is 0.794.